The third-order valence-electron chi connectivity index (χ3n) is 3.30. The topological polar surface area (TPSA) is 84.4 Å². The van der Waals surface area contributed by atoms with E-state index in [1.807, 2.05) is 4.90 Å². The summed E-state index contributed by atoms with van der Waals surface area (Å²) in [6.07, 6.45) is 1.80. The van der Waals surface area contributed by atoms with Crippen molar-refractivity contribution >= 4 is 11.6 Å². The van der Waals surface area contributed by atoms with E-state index in [4.69, 9.17) is 0 Å². The van der Waals surface area contributed by atoms with Crippen LogP contribution in [0.3, 0.4) is 0 Å². The van der Waals surface area contributed by atoms with Gasteiger partial charge in [0.1, 0.15) is 0 Å². The average Bonchev–Trinajstić information content (AvgIpc) is 2.84. The number of hydrogen-bond donors (Lipinski definition) is 1. The quantitative estimate of drug-likeness (QED) is 0.617. The second-order valence-corrected chi connectivity index (χ2v) is 4.29. The normalized spacial score (nSPS) is 19.9. The number of imidazole rings is 1. The van der Waals surface area contributed by atoms with E-state index in [9.17, 15) is 15.2 Å². The van der Waals surface area contributed by atoms with E-state index >= 15 is 0 Å². The van der Waals surface area contributed by atoms with Crippen LogP contribution in [0.2, 0.25) is 0 Å². The van der Waals surface area contributed by atoms with Crippen LogP contribution in [0.4, 0.5) is 11.6 Å². The van der Waals surface area contributed by atoms with Crippen molar-refractivity contribution in [3.8, 4) is 0 Å². The number of aliphatic hydroxyl groups is 1. The molecule has 1 aliphatic heterocycles. The lowest BCUT2D eigenvalue weighted by Gasteiger charge is -2.24. The number of hydrogen-bond acceptors (Lipinski definition) is 5. The summed E-state index contributed by atoms with van der Waals surface area (Å²) in [7, 11) is 1.76. The Morgan fingerprint density at radius 1 is 1.65 bits per heavy atom. The molecule has 1 aromatic rings. The lowest BCUT2D eigenvalue weighted by atomic mass is 10.2. The van der Waals surface area contributed by atoms with E-state index in [0.717, 1.165) is 19.4 Å². The Morgan fingerprint density at radius 3 is 2.94 bits per heavy atom. The molecule has 1 unspecified atom stereocenters. The average molecular weight is 240 g/mol. The summed E-state index contributed by atoms with van der Waals surface area (Å²) in [6, 6.07) is -0.0384. The lowest BCUT2D eigenvalue weighted by Crippen LogP contribution is -2.33. The van der Waals surface area contributed by atoms with Crippen molar-refractivity contribution in [2.24, 2.45) is 7.05 Å². The van der Waals surface area contributed by atoms with Gasteiger partial charge in [-0.2, -0.15) is 0 Å². The van der Waals surface area contributed by atoms with Gasteiger partial charge in [0.25, 0.3) is 0 Å². The molecular formula is C10H16N4O3. The van der Waals surface area contributed by atoms with Crippen molar-refractivity contribution in [1.82, 2.24) is 9.55 Å². The highest BCUT2D eigenvalue weighted by atomic mass is 16.6. The molecule has 0 aromatic carbocycles. The maximum Gasteiger partial charge on any atom is 0.406 e. The third-order valence-corrected chi connectivity index (χ3v) is 3.30. The van der Waals surface area contributed by atoms with Gasteiger partial charge in [-0.05, 0) is 22.7 Å². The number of aliphatic hydroxyl groups excluding tert-OH is 1. The smallest absolute Gasteiger partial charge is 0.394 e. The Labute approximate surface area is 98.8 Å². The second kappa shape index (κ2) is 4.33. The summed E-state index contributed by atoms with van der Waals surface area (Å²) in [4.78, 5) is 16.4. The summed E-state index contributed by atoms with van der Waals surface area (Å²) in [5, 5.41) is 20.3. The molecule has 1 aliphatic rings. The van der Waals surface area contributed by atoms with Gasteiger partial charge in [-0.1, -0.05) is 0 Å². The molecule has 0 amide bonds. The summed E-state index contributed by atoms with van der Waals surface area (Å²) in [6.45, 7) is 2.48. The Bertz CT molecular complexity index is 443. The number of nitrogens with zero attached hydrogens (tertiary/aromatic N) is 4. The lowest BCUT2D eigenvalue weighted by molar-refractivity contribution is -0.388. The zero-order chi connectivity index (χ0) is 12.6. The van der Waals surface area contributed by atoms with E-state index in [1.165, 1.54) is 0 Å². The molecule has 7 heteroatoms. The number of aryl methyl sites for hydroxylation is 1. The van der Waals surface area contributed by atoms with E-state index < -0.39 is 4.92 Å². The zero-order valence-electron chi connectivity index (χ0n) is 9.96. The highest BCUT2D eigenvalue weighted by molar-refractivity contribution is 5.57. The molecule has 0 saturated carbocycles. The first kappa shape index (κ1) is 11.8. The fourth-order valence-electron chi connectivity index (χ4n) is 2.33. The summed E-state index contributed by atoms with van der Waals surface area (Å²) < 4.78 is 1.71. The molecule has 94 valence electrons. The van der Waals surface area contributed by atoms with Crippen molar-refractivity contribution < 1.29 is 10.0 Å². The fourth-order valence-corrected chi connectivity index (χ4v) is 2.33. The standard InChI is InChI=1S/C10H16N4O3/c1-7-11-9(14(16)17)10(12(7)2)13-5-3-4-8(13)6-15/h8,15H,3-6H2,1-2H3. The molecule has 0 radical (unpaired) electrons. The molecular weight excluding hydrogens is 224 g/mol. The first-order valence-corrected chi connectivity index (χ1v) is 5.61. The SMILES string of the molecule is Cc1nc([N+](=O)[O-])c(N2CCCC2CO)n1C. The molecule has 0 spiro atoms. The Balaban J connectivity index is 2.46. The van der Waals surface area contributed by atoms with E-state index in [1.54, 1.807) is 18.5 Å². The van der Waals surface area contributed by atoms with Crippen LogP contribution in [-0.4, -0.2) is 38.8 Å². The molecule has 0 bridgehead atoms. The molecule has 2 heterocycles. The predicted molar refractivity (Wildman–Crippen MR) is 62.1 cm³/mol. The maximum atomic E-state index is 11.0. The van der Waals surface area contributed by atoms with Crippen molar-refractivity contribution in [1.29, 1.82) is 0 Å². The summed E-state index contributed by atoms with van der Waals surface area (Å²) in [5.41, 5.74) is 0. The van der Waals surface area contributed by atoms with Crippen molar-refractivity contribution in [2.75, 3.05) is 18.1 Å². The van der Waals surface area contributed by atoms with Crippen molar-refractivity contribution in [3.63, 3.8) is 0 Å². The van der Waals surface area contributed by atoms with Crippen molar-refractivity contribution in [3.05, 3.63) is 15.9 Å². The van der Waals surface area contributed by atoms with Gasteiger partial charge in [-0.25, -0.2) is 0 Å². The molecule has 1 aromatic heterocycles. The van der Waals surface area contributed by atoms with Crippen LogP contribution in [0.15, 0.2) is 0 Å². The van der Waals surface area contributed by atoms with Crippen LogP contribution in [0, 0.1) is 17.0 Å². The van der Waals surface area contributed by atoms with Gasteiger partial charge in [0.15, 0.2) is 0 Å². The maximum absolute atomic E-state index is 11.0. The van der Waals surface area contributed by atoms with Gasteiger partial charge >= 0.3 is 5.82 Å². The van der Waals surface area contributed by atoms with Gasteiger partial charge in [0.05, 0.1) is 12.6 Å². The minimum Gasteiger partial charge on any atom is -0.394 e. The molecule has 1 saturated heterocycles. The highest BCUT2D eigenvalue weighted by Crippen LogP contribution is 2.33. The minimum absolute atomic E-state index is 0.0153. The largest absolute Gasteiger partial charge is 0.406 e. The van der Waals surface area contributed by atoms with Gasteiger partial charge in [0, 0.05) is 20.5 Å². The molecule has 17 heavy (non-hydrogen) atoms. The number of anilines is 1. The Kier molecular flexibility index (Phi) is 3.01. The van der Waals surface area contributed by atoms with Gasteiger partial charge < -0.3 is 20.1 Å². The van der Waals surface area contributed by atoms with Crippen LogP contribution < -0.4 is 4.90 Å². The number of nitro groups is 1. The molecule has 1 N–H and O–H groups in total. The van der Waals surface area contributed by atoms with Gasteiger partial charge in [-0.3, -0.25) is 4.57 Å². The van der Waals surface area contributed by atoms with E-state index in [0.29, 0.717) is 11.6 Å². The number of aromatic nitrogens is 2. The summed E-state index contributed by atoms with van der Waals surface area (Å²) in [5.74, 6) is 0.990. The van der Waals surface area contributed by atoms with Gasteiger partial charge in [0.2, 0.25) is 11.6 Å². The van der Waals surface area contributed by atoms with Crippen LogP contribution in [-0.2, 0) is 7.05 Å². The van der Waals surface area contributed by atoms with Gasteiger partial charge in [-0.15, -0.1) is 0 Å². The third kappa shape index (κ3) is 1.86. The molecule has 0 aliphatic carbocycles. The predicted octanol–water partition coefficient (Wildman–Crippen LogP) is 0.598. The van der Waals surface area contributed by atoms with Crippen LogP contribution in [0.25, 0.3) is 0 Å². The van der Waals surface area contributed by atoms with Crippen molar-refractivity contribution in [2.45, 2.75) is 25.8 Å². The Morgan fingerprint density at radius 2 is 2.35 bits per heavy atom. The zero-order valence-corrected chi connectivity index (χ0v) is 9.96. The molecule has 7 nitrogen and oxygen atoms in total. The van der Waals surface area contributed by atoms with Crippen LogP contribution in [0.1, 0.15) is 18.7 Å². The first-order chi connectivity index (χ1) is 8.06. The number of rotatable bonds is 3. The molecule has 2 rings (SSSR count). The monoisotopic (exact) mass is 240 g/mol. The Hall–Kier alpha value is -1.63. The summed E-state index contributed by atoms with van der Waals surface area (Å²) >= 11 is 0. The second-order valence-electron chi connectivity index (χ2n) is 4.29. The highest BCUT2D eigenvalue weighted by Gasteiger charge is 2.34. The van der Waals surface area contributed by atoms with E-state index in [-0.39, 0.29) is 18.5 Å². The van der Waals surface area contributed by atoms with Crippen LogP contribution in [0.5, 0.6) is 0 Å². The molecule has 1 fully saturated rings. The van der Waals surface area contributed by atoms with E-state index in [2.05, 4.69) is 4.98 Å². The first-order valence-electron chi connectivity index (χ1n) is 5.61. The molecule has 1 atom stereocenters. The minimum atomic E-state index is -0.463. The van der Waals surface area contributed by atoms with Crippen LogP contribution >= 0.6 is 0 Å². The fraction of sp³-hybridized carbons (Fsp3) is 0.700.